The molecule has 2 heteroatoms. The van der Waals surface area contributed by atoms with E-state index in [2.05, 4.69) is 16.8 Å². The van der Waals surface area contributed by atoms with Gasteiger partial charge in [0.15, 0.2) is 0 Å². The van der Waals surface area contributed by atoms with E-state index in [0.717, 1.165) is 6.04 Å². The largest absolute Gasteiger partial charge is 0.307 e. The van der Waals surface area contributed by atoms with E-state index in [1.165, 1.54) is 32.1 Å². The standard InChI is InChI=1S/C11H15NS/c1-2-10(12-8-4-5-8)9-6-7-13-11(9)3-1/h6-8,10,12H,1-5H2. The molecule has 1 nitrogen and oxygen atoms in total. The molecule has 1 saturated carbocycles. The van der Waals surface area contributed by atoms with Crippen LogP contribution in [0.15, 0.2) is 11.4 Å². The molecule has 1 N–H and O–H groups in total. The molecule has 13 heavy (non-hydrogen) atoms. The van der Waals surface area contributed by atoms with E-state index < -0.39 is 0 Å². The van der Waals surface area contributed by atoms with Gasteiger partial charge in [-0.2, -0.15) is 0 Å². The number of fused-ring (bicyclic) bond motifs is 1. The molecule has 0 amide bonds. The minimum absolute atomic E-state index is 0.683. The molecule has 3 rings (SSSR count). The molecule has 70 valence electrons. The van der Waals surface area contributed by atoms with Gasteiger partial charge in [-0.1, -0.05) is 0 Å². The fourth-order valence-corrected chi connectivity index (χ4v) is 3.18. The minimum atomic E-state index is 0.683. The first-order chi connectivity index (χ1) is 6.43. The van der Waals surface area contributed by atoms with Crippen molar-refractivity contribution in [2.45, 2.75) is 44.2 Å². The third-order valence-corrected chi connectivity index (χ3v) is 4.06. The highest BCUT2D eigenvalue weighted by atomic mass is 32.1. The SMILES string of the molecule is c1cc2c(s1)CCCC2NC1CC1. The molecule has 0 saturated heterocycles. The van der Waals surface area contributed by atoms with E-state index in [9.17, 15) is 0 Å². The van der Waals surface area contributed by atoms with E-state index in [1.807, 2.05) is 11.3 Å². The van der Waals surface area contributed by atoms with Crippen molar-refractivity contribution in [1.29, 1.82) is 0 Å². The summed E-state index contributed by atoms with van der Waals surface area (Å²) >= 11 is 1.94. The van der Waals surface area contributed by atoms with Crippen molar-refractivity contribution >= 4 is 11.3 Å². The number of thiophene rings is 1. The van der Waals surface area contributed by atoms with Gasteiger partial charge >= 0.3 is 0 Å². The Hall–Kier alpha value is -0.340. The maximum absolute atomic E-state index is 3.74. The lowest BCUT2D eigenvalue weighted by molar-refractivity contribution is 0.461. The van der Waals surface area contributed by atoms with Crippen molar-refractivity contribution in [3.8, 4) is 0 Å². The zero-order valence-electron chi connectivity index (χ0n) is 7.75. The summed E-state index contributed by atoms with van der Waals surface area (Å²) in [4.78, 5) is 1.63. The lowest BCUT2D eigenvalue weighted by Gasteiger charge is -2.23. The molecule has 1 unspecified atom stereocenters. The highest BCUT2D eigenvalue weighted by Gasteiger charge is 2.28. The molecule has 1 aromatic rings. The number of hydrogen-bond donors (Lipinski definition) is 1. The molecule has 0 aliphatic heterocycles. The van der Waals surface area contributed by atoms with Gasteiger partial charge in [-0.25, -0.2) is 0 Å². The van der Waals surface area contributed by atoms with Gasteiger partial charge in [-0.15, -0.1) is 11.3 Å². The summed E-state index contributed by atoms with van der Waals surface area (Å²) in [6, 6.07) is 3.84. The summed E-state index contributed by atoms with van der Waals surface area (Å²) in [5.74, 6) is 0. The highest BCUT2D eigenvalue weighted by Crippen LogP contribution is 2.35. The van der Waals surface area contributed by atoms with E-state index >= 15 is 0 Å². The smallest absolute Gasteiger partial charge is 0.0333 e. The van der Waals surface area contributed by atoms with Gasteiger partial charge in [0, 0.05) is 17.0 Å². The van der Waals surface area contributed by atoms with Crippen molar-refractivity contribution in [3.63, 3.8) is 0 Å². The molecule has 1 aromatic heterocycles. The number of rotatable bonds is 2. The lowest BCUT2D eigenvalue weighted by atomic mass is 9.94. The summed E-state index contributed by atoms with van der Waals surface area (Å²) in [6.45, 7) is 0. The Kier molecular flexibility index (Phi) is 1.91. The monoisotopic (exact) mass is 193 g/mol. The summed E-state index contributed by atoms with van der Waals surface area (Å²) in [5.41, 5.74) is 1.60. The van der Waals surface area contributed by atoms with Gasteiger partial charge in [0.2, 0.25) is 0 Å². The van der Waals surface area contributed by atoms with Crippen LogP contribution in [0.1, 0.15) is 42.2 Å². The van der Waals surface area contributed by atoms with E-state index in [1.54, 1.807) is 10.4 Å². The average Bonchev–Trinajstić information content (AvgIpc) is 2.83. The van der Waals surface area contributed by atoms with E-state index in [4.69, 9.17) is 0 Å². The molecule has 2 aliphatic rings. The fourth-order valence-electron chi connectivity index (χ4n) is 2.19. The predicted octanol–water partition coefficient (Wildman–Crippen LogP) is 2.88. The Balaban J connectivity index is 1.81. The first kappa shape index (κ1) is 8.01. The van der Waals surface area contributed by atoms with Crippen LogP contribution in [0.3, 0.4) is 0 Å². The topological polar surface area (TPSA) is 12.0 Å². The maximum atomic E-state index is 3.74. The number of hydrogen-bond acceptors (Lipinski definition) is 2. The molecule has 0 bridgehead atoms. The van der Waals surface area contributed by atoms with Gasteiger partial charge in [0.1, 0.15) is 0 Å². The van der Waals surface area contributed by atoms with Crippen molar-refractivity contribution in [3.05, 3.63) is 21.9 Å². The second kappa shape index (κ2) is 3.10. The average molecular weight is 193 g/mol. The van der Waals surface area contributed by atoms with Crippen LogP contribution in [0.4, 0.5) is 0 Å². The van der Waals surface area contributed by atoms with Crippen LogP contribution in [0, 0.1) is 0 Å². The van der Waals surface area contributed by atoms with Crippen molar-refractivity contribution in [2.24, 2.45) is 0 Å². The second-order valence-corrected chi connectivity index (χ2v) is 5.19. The Bertz CT molecular complexity index is 301. The van der Waals surface area contributed by atoms with Gasteiger partial charge < -0.3 is 5.32 Å². The van der Waals surface area contributed by atoms with E-state index in [0.29, 0.717) is 6.04 Å². The summed E-state index contributed by atoms with van der Waals surface area (Å²) < 4.78 is 0. The lowest BCUT2D eigenvalue weighted by Crippen LogP contribution is -2.25. The predicted molar refractivity (Wildman–Crippen MR) is 56.2 cm³/mol. The third-order valence-electron chi connectivity index (χ3n) is 3.07. The summed E-state index contributed by atoms with van der Waals surface area (Å²) in [7, 11) is 0. The van der Waals surface area contributed by atoms with Gasteiger partial charge in [0.25, 0.3) is 0 Å². The molecule has 1 heterocycles. The van der Waals surface area contributed by atoms with Crippen molar-refractivity contribution in [2.75, 3.05) is 0 Å². The molecule has 2 aliphatic carbocycles. The van der Waals surface area contributed by atoms with Crippen LogP contribution >= 0.6 is 11.3 Å². The Labute approximate surface area is 83.2 Å². The molecule has 1 atom stereocenters. The van der Waals surface area contributed by atoms with Crippen molar-refractivity contribution in [1.82, 2.24) is 5.32 Å². The van der Waals surface area contributed by atoms with Crippen LogP contribution in [0.2, 0.25) is 0 Å². The second-order valence-electron chi connectivity index (χ2n) is 4.18. The maximum Gasteiger partial charge on any atom is 0.0333 e. The summed E-state index contributed by atoms with van der Waals surface area (Å²) in [6.07, 6.45) is 6.83. The van der Waals surface area contributed by atoms with Gasteiger partial charge in [0.05, 0.1) is 0 Å². The third kappa shape index (κ3) is 1.53. The first-order valence-electron chi connectivity index (χ1n) is 5.26. The number of aryl methyl sites for hydroxylation is 1. The Morgan fingerprint density at radius 1 is 1.31 bits per heavy atom. The zero-order chi connectivity index (χ0) is 8.67. The first-order valence-corrected chi connectivity index (χ1v) is 6.14. The van der Waals surface area contributed by atoms with Crippen molar-refractivity contribution < 1.29 is 0 Å². The molecular formula is C11H15NS. The minimum Gasteiger partial charge on any atom is -0.307 e. The molecule has 0 aromatic carbocycles. The number of nitrogens with one attached hydrogen (secondary N) is 1. The molecule has 0 radical (unpaired) electrons. The molecule has 0 spiro atoms. The van der Waals surface area contributed by atoms with Crippen LogP contribution in [-0.4, -0.2) is 6.04 Å². The summed E-state index contributed by atoms with van der Waals surface area (Å²) in [5, 5.41) is 5.99. The molecular weight excluding hydrogens is 178 g/mol. The highest BCUT2D eigenvalue weighted by molar-refractivity contribution is 7.10. The normalized spacial score (nSPS) is 27.2. The van der Waals surface area contributed by atoms with Gasteiger partial charge in [-0.05, 0) is 49.1 Å². The zero-order valence-corrected chi connectivity index (χ0v) is 8.57. The van der Waals surface area contributed by atoms with Crippen LogP contribution < -0.4 is 5.32 Å². The fraction of sp³-hybridized carbons (Fsp3) is 0.636. The quantitative estimate of drug-likeness (QED) is 0.761. The Morgan fingerprint density at radius 2 is 2.23 bits per heavy atom. The molecule has 1 fully saturated rings. The van der Waals surface area contributed by atoms with Gasteiger partial charge in [-0.3, -0.25) is 0 Å². The van der Waals surface area contributed by atoms with E-state index in [-0.39, 0.29) is 0 Å². The van der Waals surface area contributed by atoms with Crippen LogP contribution in [0.25, 0.3) is 0 Å². The Morgan fingerprint density at radius 3 is 3.08 bits per heavy atom. The van der Waals surface area contributed by atoms with Crippen LogP contribution in [-0.2, 0) is 6.42 Å². The van der Waals surface area contributed by atoms with Crippen LogP contribution in [0.5, 0.6) is 0 Å².